The fraction of sp³-hybridized carbons (Fsp3) is 0.600. The van der Waals surface area contributed by atoms with Crippen LogP contribution in [-0.4, -0.2) is 31.9 Å². The first-order valence-electron chi connectivity index (χ1n) is 7.05. The third kappa shape index (κ3) is 2.90. The number of sulfonamides is 1. The van der Waals surface area contributed by atoms with Gasteiger partial charge in [-0.1, -0.05) is 24.6 Å². The van der Waals surface area contributed by atoms with Crippen molar-refractivity contribution in [3.8, 4) is 0 Å². The third-order valence-corrected chi connectivity index (χ3v) is 6.00. The molecule has 20 heavy (non-hydrogen) atoms. The molecule has 0 radical (unpaired) electrons. The van der Waals surface area contributed by atoms with Crippen LogP contribution in [0.4, 0.5) is 0 Å². The maximum atomic E-state index is 12.9. The highest BCUT2D eigenvalue weighted by atomic mass is 32.2. The number of benzene rings is 1. The summed E-state index contributed by atoms with van der Waals surface area (Å²) in [5.74, 6) is 0.305. The molecule has 0 amide bonds. The van der Waals surface area contributed by atoms with Gasteiger partial charge in [0.1, 0.15) is 0 Å². The molecule has 1 fully saturated rings. The molecule has 1 heterocycles. The van der Waals surface area contributed by atoms with Crippen molar-refractivity contribution in [3.05, 3.63) is 28.8 Å². The Morgan fingerprint density at radius 3 is 2.20 bits per heavy atom. The van der Waals surface area contributed by atoms with Crippen molar-refractivity contribution >= 4 is 10.0 Å². The van der Waals surface area contributed by atoms with Gasteiger partial charge in [0, 0.05) is 19.1 Å². The molecule has 0 aliphatic carbocycles. The van der Waals surface area contributed by atoms with E-state index in [1.165, 1.54) is 0 Å². The minimum absolute atomic E-state index is 0.0698. The van der Waals surface area contributed by atoms with Gasteiger partial charge >= 0.3 is 0 Å². The summed E-state index contributed by atoms with van der Waals surface area (Å²) in [7, 11) is -3.45. The number of piperidine rings is 1. The molecule has 2 unspecified atom stereocenters. The Hall–Kier alpha value is -0.910. The molecule has 4 nitrogen and oxygen atoms in total. The Balaban J connectivity index is 2.45. The van der Waals surface area contributed by atoms with E-state index in [4.69, 9.17) is 5.73 Å². The van der Waals surface area contributed by atoms with Gasteiger partial charge in [-0.3, -0.25) is 0 Å². The van der Waals surface area contributed by atoms with Crippen LogP contribution in [0.2, 0.25) is 0 Å². The molecule has 2 rings (SSSR count). The van der Waals surface area contributed by atoms with E-state index in [0.717, 1.165) is 23.1 Å². The summed E-state index contributed by atoms with van der Waals surface area (Å²) in [6.07, 6.45) is 0.887. The second-order valence-corrected chi connectivity index (χ2v) is 8.03. The average molecular weight is 296 g/mol. The summed E-state index contributed by atoms with van der Waals surface area (Å²) in [6, 6.07) is 3.78. The van der Waals surface area contributed by atoms with E-state index in [0.29, 0.717) is 23.9 Å². The molecule has 0 spiro atoms. The van der Waals surface area contributed by atoms with Crippen LogP contribution in [0, 0.1) is 26.7 Å². The van der Waals surface area contributed by atoms with Crippen molar-refractivity contribution < 1.29 is 8.42 Å². The highest BCUT2D eigenvalue weighted by Gasteiger charge is 2.33. The lowest BCUT2D eigenvalue weighted by Gasteiger charge is -2.34. The first kappa shape index (κ1) is 15.5. The molecule has 2 atom stereocenters. The Labute approximate surface area is 122 Å². The van der Waals surface area contributed by atoms with Gasteiger partial charge in [-0.05, 0) is 44.2 Å². The first-order chi connectivity index (χ1) is 9.21. The highest BCUT2D eigenvalue weighted by molar-refractivity contribution is 7.89. The van der Waals surface area contributed by atoms with E-state index < -0.39 is 10.0 Å². The van der Waals surface area contributed by atoms with Crippen LogP contribution in [0.1, 0.15) is 30.0 Å². The second kappa shape index (κ2) is 5.47. The van der Waals surface area contributed by atoms with E-state index in [-0.39, 0.29) is 6.04 Å². The predicted molar refractivity (Wildman–Crippen MR) is 81.2 cm³/mol. The standard InChI is InChI=1S/C15H24N2O2S/c1-10-5-12(3)15(13(4)6-10)20(18,19)17-8-11(2)7-14(16)9-17/h5-6,11,14H,7-9,16H2,1-4H3. The summed E-state index contributed by atoms with van der Waals surface area (Å²) in [5.41, 5.74) is 8.70. The highest BCUT2D eigenvalue weighted by Crippen LogP contribution is 2.28. The van der Waals surface area contributed by atoms with E-state index in [2.05, 4.69) is 6.92 Å². The molecule has 112 valence electrons. The summed E-state index contributed by atoms with van der Waals surface area (Å²) in [6.45, 7) is 8.73. The number of nitrogens with two attached hydrogens (primary N) is 1. The monoisotopic (exact) mass is 296 g/mol. The third-order valence-electron chi connectivity index (χ3n) is 3.86. The van der Waals surface area contributed by atoms with E-state index in [9.17, 15) is 8.42 Å². The second-order valence-electron chi connectivity index (χ2n) is 6.15. The Kier molecular flexibility index (Phi) is 4.23. The SMILES string of the molecule is Cc1cc(C)c(S(=O)(=O)N2CC(C)CC(N)C2)c(C)c1. The van der Waals surface area contributed by atoms with Crippen LogP contribution in [-0.2, 0) is 10.0 Å². The van der Waals surface area contributed by atoms with Crippen molar-refractivity contribution in [1.82, 2.24) is 4.31 Å². The Morgan fingerprint density at radius 2 is 1.70 bits per heavy atom. The van der Waals surface area contributed by atoms with Gasteiger partial charge in [-0.2, -0.15) is 4.31 Å². The number of aryl methyl sites for hydroxylation is 3. The molecule has 0 saturated carbocycles. The number of hydrogen-bond acceptors (Lipinski definition) is 3. The van der Waals surface area contributed by atoms with Gasteiger partial charge in [0.15, 0.2) is 0 Å². The lowest BCUT2D eigenvalue weighted by Crippen LogP contribution is -2.48. The topological polar surface area (TPSA) is 63.4 Å². The first-order valence-corrected chi connectivity index (χ1v) is 8.49. The average Bonchev–Trinajstić information content (AvgIpc) is 2.25. The van der Waals surface area contributed by atoms with E-state index >= 15 is 0 Å². The van der Waals surface area contributed by atoms with Crippen LogP contribution >= 0.6 is 0 Å². The van der Waals surface area contributed by atoms with Crippen molar-refractivity contribution in [2.24, 2.45) is 11.7 Å². The van der Waals surface area contributed by atoms with Crippen LogP contribution in [0.25, 0.3) is 0 Å². The quantitative estimate of drug-likeness (QED) is 0.907. The van der Waals surface area contributed by atoms with Crippen molar-refractivity contribution in [2.45, 2.75) is 45.1 Å². The van der Waals surface area contributed by atoms with Crippen LogP contribution in [0.5, 0.6) is 0 Å². The molecule has 1 aliphatic rings. The van der Waals surface area contributed by atoms with Crippen molar-refractivity contribution in [2.75, 3.05) is 13.1 Å². The van der Waals surface area contributed by atoms with Gasteiger partial charge in [-0.15, -0.1) is 0 Å². The Morgan fingerprint density at radius 1 is 1.15 bits per heavy atom. The molecule has 1 aliphatic heterocycles. The Bertz CT molecular complexity index is 577. The van der Waals surface area contributed by atoms with Gasteiger partial charge in [0.2, 0.25) is 10.0 Å². The van der Waals surface area contributed by atoms with Gasteiger partial charge in [0.05, 0.1) is 4.90 Å². The van der Waals surface area contributed by atoms with E-state index in [1.54, 1.807) is 4.31 Å². The molecule has 1 aromatic rings. The molecule has 1 saturated heterocycles. The minimum atomic E-state index is -3.45. The fourth-order valence-corrected chi connectivity index (χ4v) is 5.28. The number of hydrogen-bond donors (Lipinski definition) is 1. The zero-order chi connectivity index (χ0) is 15.1. The number of rotatable bonds is 2. The molecule has 1 aromatic carbocycles. The van der Waals surface area contributed by atoms with Crippen molar-refractivity contribution in [3.63, 3.8) is 0 Å². The predicted octanol–water partition coefficient (Wildman–Crippen LogP) is 1.97. The van der Waals surface area contributed by atoms with Gasteiger partial charge < -0.3 is 5.73 Å². The zero-order valence-corrected chi connectivity index (χ0v) is 13.5. The smallest absolute Gasteiger partial charge is 0.243 e. The van der Waals surface area contributed by atoms with Crippen molar-refractivity contribution in [1.29, 1.82) is 0 Å². The molecule has 2 N–H and O–H groups in total. The van der Waals surface area contributed by atoms with Crippen LogP contribution in [0.15, 0.2) is 17.0 Å². The molecule has 5 heteroatoms. The lowest BCUT2D eigenvalue weighted by atomic mass is 9.99. The fourth-order valence-electron chi connectivity index (χ4n) is 3.25. The summed E-state index contributed by atoms with van der Waals surface area (Å²) < 4.78 is 27.4. The normalized spacial score (nSPS) is 24.9. The summed E-state index contributed by atoms with van der Waals surface area (Å²) in [4.78, 5) is 0.449. The molecule has 0 aromatic heterocycles. The maximum absolute atomic E-state index is 12.9. The minimum Gasteiger partial charge on any atom is -0.326 e. The lowest BCUT2D eigenvalue weighted by molar-refractivity contribution is 0.254. The van der Waals surface area contributed by atoms with Gasteiger partial charge in [0.25, 0.3) is 0 Å². The van der Waals surface area contributed by atoms with E-state index in [1.807, 2.05) is 32.9 Å². The number of nitrogens with zero attached hydrogens (tertiary/aromatic N) is 1. The largest absolute Gasteiger partial charge is 0.326 e. The summed E-state index contributed by atoms with van der Waals surface area (Å²) >= 11 is 0. The van der Waals surface area contributed by atoms with Crippen LogP contribution in [0.3, 0.4) is 0 Å². The molecule has 0 bridgehead atoms. The maximum Gasteiger partial charge on any atom is 0.243 e. The van der Waals surface area contributed by atoms with Gasteiger partial charge in [-0.25, -0.2) is 8.42 Å². The zero-order valence-electron chi connectivity index (χ0n) is 12.7. The summed E-state index contributed by atoms with van der Waals surface area (Å²) in [5, 5.41) is 0. The molecular weight excluding hydrogens is 272 g/mol. The molecular formula is C15H24N2O2S. The van der Waals surface area contributed by atoms with Crippen LogP contribution < -0.4 is 5.73 Å².